The maximum Gasteiger partial charge on any atom is 0.0637 e. The Morgan fingerprint density at radius 2 is 2.18 bits per heavy atom. The monoisotopic (exact) mass is 248 g/mol. The second kappa shape index (κ2) is 5.72. The summed E-state index contributed by atoms with van der Waals surface area (Å²) in [7, 11) is 0. The molecule has 2 aromatic rings. The number of pyridine rings is 2. The SMILES string of the molecule is NNC(Cc1ccccn1)c1ccncc1Cl. The lowest BCUT2D eigenvalue weighted by Gasteiger charge is -2.16. The van der Waals surface area contributed by atoms with Crippen LogP contribution in [0.3, 0.4) is 0 Å². The number of halogens is 1. The average molecular weight is 249 g/mol. The molecule has 0 aliphatic carbocycles. The van der Waals surface area contributed by atoms with Crippen molar-refractivity contribution in [3.63, 3.8) is 0 Å². The molecule has 2 aromatic heterocycles. The summed E-state index contributed by atoms with van der Waals surface area (Å²) in [5.74, 6) is 5.56. The molecule has 5 heteroatoms. The van der Waals surface area contributed by atoms with Gasteiger partial charge in [0.25, 0.3) is 0 Å². The van der Waals surface area contributed by atoms with E-state index in [0.29, 0.717) is 11.4 Å². The molecule has 3 N–H and O–H groups in total. The van der Waals surface area contributed by atoms with Crippen LogP contribution < -0.4 is 11.3 Å². The van der Waals surface area contributed by atoms with Crippen LogP contribution in [-0.2, 0) is 6.42 Å². The third kappa shape index (κ3) is 3.00. The number of aromatic nitrogens is 2. The van der Waals surface area contributed by atoms with Crippen molar-refractivity contribution in [2.45, 2.75) is 12.5 Å². The van der Waals surface area contributed by atoms with Crippen molar-refractivity contribution < 1.29 is 0 Å². The third-order valence-corrected chi connectivity index (χ3v) is 2.84. The summed E-state index contributed by atoms with van der Waals surface area (Å²) in [4.78, 5) is 8.22. The first-order valence-electron chi connectivity index (χ1n) is 5.26. The summed E-state index contributed by atoms with van der Waals surface area (Å²) < 4.78 is 0. The Morgan fingerprint density at radius 3 is 2.82 bits per heavy atom. The Bertz CT molecular complexity index is 475. The molecule has 0 saturated heterocycles. The molecule has 88 valence electrons. The quantitative estimate of drug-likeness (QED) is 0.641. The lowest BCUT2D eigenvalue weighted by Crippen LogP contribution is -2.30. The van der Waals surface area contributed by atoms with Crippen LogP contribution in [0.1, 0.15) is 17.3 Å². The molecule has 0 aromatic carbocycles. The number of nitrogens with one attached hydrogen (secondary N) is 1. The smallest absolute Gasteiger partial charge is 0.0637 e. The van der Waals surface area contributed by atoms with Crippen molar-refractivity contribution in [3.05, 3.63) is 59.1 Å². The van der Waals surface area contributed by atoms with Crippen LogP contribution >= 0.6 is 11.6 Å². The predicted octanol–water partition coefficient (Wildman–Crippen LogP) is 1.88. The van der Waals surface area contributed by atoms with Crippen LogP contribution in [0.4, 0.5) is 0 Å². The lowest BCUT2D eigenvalue weighted by molar-refractivity contribution is 0.545. The van der Waals surface area contributed by atoms with Gasteiger partial charge in [-0.25, -0.2) is 0 Å². The molecule has 4 nitrogen and oxygen atoms in total. The zero-order valence-corrected chi connectivity index (χ0v) is 9.93. The lowest BCUT2D eigenvalue weighted by atomic mass is 10.0. The molecule has 1 atom stereocenters. The fourth-order valence-corrected chi connectivity index (χ4v) is 1.91. The molecule has 17 heavy (non-hydrogen) atoms. The normalized spacial score (nSPS) is 12.4. The fourth-order valence-electron chi connectivity index (χ4n) is 1.66. The van der Waals surface area contributed by atoms with Crippen molar-refractivity contribution >= 4 is 11.6 Å². The number of rotatable bonds is 4. The molecule has 1 unspecified atom stereocenters. The van der Waals surface area contributed by atoms with Gasteiger partial charge in [-0.3, -0.25) is 21.2 Å². The molecule has 0 aliphatic rings. The van der Waals surface area contributed by atoms with Gasteiger partial charge >= 0.3 is 0 Å². The molecule has 0 saturated carbocycles. The van der Waals surface area contributed by atoms with E-state index < -0.39 is 0 Å². The van der Waals surface area contributed by atoms with E-state index in [2.05, 4.69) is 15.4 Å². The topological polar surface area (TPSA) is 63.8 Å². The first-order valence-corrected chi connectivity index (χ1v) is 5.64. The summed E-state index contributed by atoms with van der Waals surface area (Å²) in [6.45, 7) is 0. The van der Waals surface area contributed by atoms with Gasteiger partial charge in [0.05, 0.1) is 11.1 Å². The van der Waals surface area contributed by atoms with E-state index >= 15 is 0 Å². The molecule has 0 bridgehead atoms. The standard InChI is InChI=1S/C12H13ClN4/c13-11-8-15-6-4-10(11)12(17-14)7-9-3-1-2-5-16-9/h1-6,8,12,17H,7,14H2. The van der Waals surface area contributed by atoms with E-state index in [-0.39, 0.29) is 6.04 Å². The van der Waals surface area contributed by atoms with E-state index in [9.17, 15) is 0 Å². The molecule has 0 fully saturated rings. The Balaban J connectivity index is 2.21. The van der Waals surface area contributed by atoms with Crippen LogP contribution in [-0.4, -0.2) is 9.97 Å². The van der Waals surface area contributed by atoms with Gasteiger partial charge < -0.3 is 0 Å². The molecule has 0 aliphatic heterocycles. The van der Waals surface area contributed by atoms with E-state index in [1.165, 1.54) is 0 Å². The summed E-state index contributed by atoms with van der Waals surface area (Å²) >= 11 is 6.09. The average Bonchev–Trinajstić information content (AvgIpc) is 2.38. The first-order chi connectivity index (χ1) is 8.31. The highest BCUT2D eigenvalue weighted by Gasteiger charge is 2.14. The maximum atomic E-state index is 6.09. The Kier molecular flexibility index (Phi) is 4.03. The zero-order valence-electron chi connectivity index (χ0n) is 9.18. The molecule has 2 heterocycles. The Hall–Kier alpha value is -1.49. The van der Waals surface area contributed by atoms with Gasteiger partial charge in [-0.1, -0.05) is 17.7 Å². The third-order valence-electron chi connectivity index (χ3n) is 2.52. The van der Waals surface area contributed by atoms with Crippen LogP contribution in [0, 0.1) is 0 Å². The van der Waals surface area contributed by atoms with Gasteiger partial charge in [0, 0.05) is 30.7 Å². The second-order valence-corrected chi connectivity index (χ2v) is 4.05. The summed E-state index contributed by atoms with van der Waals surface area (Å²) in [5, 5.41) is 0.603. The van der Waals surface area contributed by atoms with Gasteiger partial charge in [-0.05, 0) is 23.8 Å². The van der Waals surface area contributed by atoms with Crippen LogP contribution in [0.25, 0.3) is 0 Å². The maximum absolute atomic E-state index is 6.09. The molecule has 2 rings (SSSR count). The molecule has 0 radical (unpaired) electrons. The van der Waals surface area contributed by atoms with E-state index in [0.717, 1.165) is 11.3 Å². The number of nitrogens with zero attached hydrogens (tertiary/aromatic N) is 2. The minimum absolute atomic E-state index is 0.0691. The van der Waals surface area contributed by atoms with Crippen LogP contribution in [0.2, 0.25) is 5.02 Å². The van der Waals surface area contributed by atoms with Crippen molar-refractivity contribution in [2.75, 3.05) is 0 Å². The molecular formula is C12H13ClN4. The van der Waals surface area contributed by atoms with Gasteiger partial charge in [0.15, 0.2) is 0 Å². The highest BCUT2D eigenvalue weighted by Crippen LogP contribution is 2.23. The predicted molar refractivity (Wildman–Crippen MR) is 67.3 cm³/mol. The fraction of sp³-hybridized carbons (Fsp3) is 0.167. The summed E-state index contributed by atoms with van der Waals surface area (Å²) in [6, 6.07) is 7.58. The van der Waals surface area contributed by atoms with E-state index in [4.69, 9.17) is 17.4 Å². The van der Waals surface area contributed by atoms with Gasteiger partial charge in [0.2, 0.25) is 0 Å². The Labute approximate surface area is 105 Å². The van der Waals surface area contributed by atoms with Crippen molar-refractivity contribution in [2.24, 2.45) is 5.84 Å². The van der Waals surface area contributed by atoms with E-state index in [1.807, 2.05) is 24.3 Å². The molecule has 0 amide bonds. The summed E-state index contributed by atoms with van der Waals surface area (Å²) in [6.07, 6.45) is 5.75. The van der Waals surface area contributed by atoms with Crippen molar-refractivity contribution in [1.82, 2.24) is 15.4 Å². The number of hydrogen-bond donors (Lipinski definition) is 2. The Morgan fingerprint density at radius 1 is 1.29 bits per heavy atom. The number of hydrogen-bond acceptors (Lipinski definition) is 4. The molecular weight excluding hydrogens is 236 g/mol. The zero-order chi connectivity index (χ0) is 12.1. The van der Waals surface area contributed by atoms with Gasteiger partial charge in [0.1, 0.15) is 0 Å². The number of hydrazine groups is 1. The van der Waals surface area contributed by atoms with Crippen LogP contribution in [0.15, 0.2) is 42.9 Å². The first kappa shape index (κ1) is 12.0. The minimum atomic E-state index is -0.0691. The van der Waals surface area contributed by atoms with Crippen molar-refractivity contribution in [1.29, 1.82) is 0 Å². The highest BCUT2D eigenvalue weighted by molar-refractivity contribution is 6.31. The summed E-state index contributed by atoms with van der Waals surface area (Å²) in [5.41, 5.74) is 4.64. The minimum Gasteiger partial charge on any atom is -0.271 e. The van der Waals surface area contributed by atoms with Gasteiger partial charge in [-0.15, -0.1) is 0 Å². The van der Waals surface area contributed by atoms with Crippen LogP contribution in [0.5, 0.6) is 0 Å². The second-order valence-electron chi connectivity index (χ2n) is 3.64. The molecule has 0 spiro atoms. The van der Waals surface area contributed by atoms with Gasteiger partial charge in [-0.2, -0.15) is 0 Å². The highest BCUT2D eigenvalue weighted by atomic mass is 35.5. The van der Waals surface area contributed by atoms with Crippen molar-refractivity contribution in [3.8, 4) is 0 Å². The largest absolute Gasteiger partial charge is 0.271 e. The number of nitrogens with two attached hydrogens (primary N) is 1. The van der Waals surface area contributed by atoms with E-state index in [1.54, 1.807) is 18.6 Å².